The Morgan fingerprint density at radius 3 is 2.33 bits per heavy atom. The van der Waals surface area contributed by atoms with E-state index in [-0.39, 0.29) is 58.3 Å². The first-order valence-electron chi connectivity index (χ1n) is 23.1. The molecule has 1 spiro atoms. The maximum absolute atomic E-state index is 14.6. The molecule has 352 valence electrons. The van der Waals surface area contributed by atoms with Gasteiger partial charge in [-0.15, -0.1) is 0 Å². The van der Waals surface area contributed by atoms with Gasteiger partial charge in [0.1, 0.15) is 67.0 Å². The van der Waals surface area contributed by atoms with E-state index in [0.717, 1.165) is 44.6 Å². The molecule has 8 aliphatic rings. The van der Waals surface area contributed by atoms with E-state index in [0.29, 0.717) is 43.5 Å². The number of carbonyl (C=O) groups excluding carboxylic acids is 2. The van der Waals surface area contributed by atoms with Crippen LogP contribution in [0.3, 0.4) is 0 Å². The Kier molecular flexibility index (Phi) is 12.6. The van der Waals surface area contributed by atoms with Gasteiger partial charge in [-0.3, -0.25) is 10.1 Å². The van der Waals surface area contributed by atoms with Crippen LogP contribution in [0, 0.1) is 58.1 Å². The number of para-hydroxylation sites is 1. The number of ketones is 1. The number of aliphatic hydroxyl groups excluding tert-OH is 6. The number of anilines is 1. The molecule has 1 aromatic rings. The molecule has 16 nitrogen and oxygen atoms in total. The van der Waals surface area contributed by atoms with Gasteiger partial charge in [-0.05, 0) is 97.5 Å². The van der Waals surface area contributed by atoms with E-state index < -0.39 is 92.3 Å². The lowest BCUT2D eigenvalue weighted by Crippen LogP contribution is -2.65. The fourth-order valence-electron chi connectivity index (χ4n) is 13.9. The number of fused-ring (bicyclic) bond motifs is 7. The number of ether oxygens (including phenoxy) is 7. The topological polar surface area (TPSA) is 232 Å². The summed E-state index contributed by atoms with van der Waals surface area (Å²) in [6.45, 7) is 8.50. The van der Waals surface area contributed by atoms with Crippen molar-refractivity contribution in [1.29, 1.82) is 0 Å². The van der Waals surface area contributed by atoms with Crippen molar-refractivity contribution in [3.63, 3.8) is 0 Å². The highest BCUT2D eigenvalue weighted by Crippen LogP contribution is 2.70. The molecule has 4 saturated carbocycles. The van der Waals surface area contributed by atoms with Crippen molar-refractivity contribution in [3.8, 4) is 0 Å². The summed E-state index contributed by atoms with van der Waals surface area (Å²) in [6, 6.07) is 5.39. The first-order chi connectivity index (χ1) is 30.0. The van der Waals surface area contributed by atoms with E-state index in [1.165, 1.54) is 18.2 Å². The average molecular weight is 892 g/mol. The second-order valence-corrected chi connectivity index (χ2v) is 20.7. The van der Waals surface area contributed by atoms with Gasteiger partial charge >= 0.3 is 6.09 Å². The first kappa shape index (κ1) is 45.8. The smallest absolute Gasteiger partial charge is 0.411 e. The molecule has 0 radical (unpaired) electrons. The van der Waals surface area contributed by atoms with Crippen LogP contribution in [0.1, 0.15) is 85.5 Å². The molecule has 8 fully saturated rings. The molecule has 9 rings (SSSR count). The van der Waals surface area contributed by atoms with Gasteiger partial charge in [-0.25, -0.2) is 9.18 Å². The van der Waals surface area contributed by atoms with Crippen LogP contribution in [0.25, 0.3) is 0 Å². The van der Waals surface area contributed by atoms with E-state index in [9.17, 15) is 44.6 Å². The summed E-state index contributed by atoms with van der Waals surface area (Å²) >= 11 is 0. The van der Waals surface area contributed by atoms with E-state index in [2.05, 4.69) is 33.0 Å². The molecule has 4 heterocycles. The first-order valence-corrected chi connectivity index (χ1v) is 23.1. The van der Waals surface area contributed by atoms with E-state index in [4.69, 9.17) is 33.2 Å². The summed E-state index contributed by atoms with van der Waals surface area (Å²) in [5, 5.41) is 67.3. The molecule has 63 heavy (non-hydrogen) atoms. The Balaban J connectivity index is 0.806. The van der Waals surface area contributed by atoms with Gasteiger partial charge in [0.05, 0.1) is 31.1 Å². The highest BCUT2D eigenvalue weighted by atomic mass is 19.1. The van der Waals surface area contributed by atoms with Crippen LogP contribution in [0.5, 0.6) is 0 Å². The lowest BCUT2D eigenvalue weighted by atomic mass is 9.44. The number of Topliss-reactive ketones (excluding diaryl/α,β-unsaturated/α-hetero) is 1. The molecule has 1 aromatic carbocycles. The number of hydrogen-bond acceptors (Lipinski definition) is 15. The number of aliphatic hydroxyl groups is 6. The average Bonchev–Trinajstić information content (AvgIpc) is 3.70. The van der Waals surface area contributed by atoms with Crippen LogP contribution in [-0.4, -0.2) is 142 Å². The number of nitrogens with one attached hydrogen (secondary N) is 1. The van der Waals surface area contributed by atoms with Crippen LogP contribution < -0.4 is 5.32 Å². The second kappa shape index (κ2) is 17.4. The molecule has 1 amide bonds. The van der Waals surface area contributed by atoms with E-state index >= 15 is 0 Å². The minimum Gasteiger partial charge on any atom is -0.446 e. The summed E-state index contributed by atoms with van der Waals surface area (Å²) in [5.74, 6) is 0.955. The molecule has 4 aliphatic heterocycles. The van der Waals surface area contributed by atoms with Crippen molar-refractivity contribution in [2.75, 3.05) is 25.1 Å². The van der Waals surface area contributed by atoms with Crippen molar-refractivity contribution >= 4 is 17.6 Å². The van der Waals surface area contributed by atoms with Gasteiger partial charge < -0.3 is 63.8 Å². The Bertz CT molecular complexity index is 1830. The van der Waals surface area contributed by atoms with Gasteiger partial charge in [-0.1, -0.05) is 39.8 Å². The number of carbonyl (C=O) groups is 2. The SMILES string of the molecule is C[C@@H]1CC[C@@]2(OC1)O[C@H]1C[C@H]3[C@@H]4CC[C@H]5C[C@@H](O[C@@H]6O[C@@H](CO)[C@@H](O[C@@H]7O[C@@H](COC(=O)Nc8ccccc8F)[C@@H](O)[C@H](O)[C@@H]7O)[C@H](O)[C@@H]6O)CC[C@]5(C)[C@H]4C(=O)C[C@]3(C)[C@H]1[C@@H]2C. The van der Waals surface area contributed by atoms with Crippen molar-refractivity contribution in [2.45, 2.75) is 165 Å². The number of hydrogen-bond donors (Lipinski definition) is 7. The molecule has 0 unspecified atom stereocenters. The van der Waals surface area contributed by atoms with Gasteiger partial charge in [0, 0.05) is 24.7 Å². The van der Waals surface area contributed by atoms with Crippen molar-refractivity contribution in [1.82, 2.24) is 0 Å². The van der Waals surface area contributed by atoms with Crippen LogP contribution in [-0.2, 0) is 38.0 Å². The fourth-order valence-corrected chi connectivity index (χ4v) is 13.9. The van der Waals surface area contributed by atoms with Crippen LogP contribution in [0.15, 0.2) is 24.3 Å². The fraction of sp³-hybridized carbons (Fsp3) is 0.826. The number of halogens is 1. The van der Waals surface area contributed by atoms with Gasteiger partial charge in [0.2, 0.25) is 0 Å². The number of amides is 1. The van der Waals surface area contributed by atoms with Gasteiger partial charge in [-0.2, -0.15) is 0 Å². The maximum Gasteiger partial charge on any atom is 0.411 e. The summed E-state index contributed by atoms with van der Waals surface area (Å²) in [7, 11) is 0. The minimum absolute atomic E-state index is 0.0562. The largest absolute Gasteiger partial charge is 0.446 e. The second-order valence-electron chi connectivity index (χ2n) is 20.7. The van der Waals surface area contributed by atoms with Crippen molar-refractivity contribution in [2.24, 2.45) is 52.3 Å². The summed E-state index contributed by atoms with van der Waals surface area (Å²) in [4.78, 5) is 26.9. The normalized spacial score (nSPS) is 50.6. The maximum atomic E-state index is 14.6. The number of rotatable bonds is 8. The zero-order chi connectivity index (χ0) is 44.7. The number of benzene rings is 1. The third-order valence-corrected chi connectivity index (χ3v) is 17.2. The monoisotopic (exact) mass is 891 g/mol. The molecule has 7 N–H and O–H groups in total. The third-order valence-electron chi connectivity index (χ3n) is 17.2. The Labute approximate surface area is 367 Å². The Morgan fingerprint density at radius 2 is 1.60 bits per heavy atom. The van der Waals surface area contributed by atoms with Crippen LogP contribution in [0.2, 0.25) is 0 Å². The Morgan fingerprint density at radius 1 is 0.873 bits per heavy atom. The molecule has 17 heteroatoms. The molecule has 0 bridgehead atoms. The quantitative estimate of drug-likeness (QED) is 0.186. The summed E-state index contributed by atoms with van der Waals surface area (Å²) < 4.78 is 56.3. The molecule has 4 aliphatic carbocycles. The molecular weight excluding hydrogens is 825 g/mol. The lowest BCUT2D eigenvalue weighted by Gasteiger charge is -2.60. The van der Waals surface area contributed by atoms with E-state index in [1.54, 1.807) is 0 Å². The Hall–Kier alpha value is -2.39. The lowest BCUT2D eigenvalue weighted by molar-refractivity contribution is -0.364. The molecule has 22 atom stereocenters. The van der Waals surface area contributed by atoms with Gasteiger partial charge in [0.15, 0.2) is 18.4 Å². The highest BCUT2D eigenvalue weighted by molar-refractivity contribution is 5.85. The standard InChI is InChI=1S/C46H66FNO15/c1-21-11-14-46(58-19-21)22(2)33-30(63-46)16-26-25-10-9-23-15-24(12-13-44(23,3)34(25)29(50)17-45(26,33)4)59-41-39(55)37(53)40(31(18-49)60-41)62-42-38(54)36(52)35(51)32(61-42)20-57-43(56)48-28-8-6-5-7-27(28)47/h5-8,21-26,30-42,49,51-55H,9-20H2,1-4H3,(H,48,56)/t21-,22+,23+,24+,25+,26+,30+,31+,32+,33+,34-,35-,36+,37-,38+,39+,40-,41-,42+,44+,45+,46-/m1/s1. The van der Waals surface area contributed by atoms with Crippen LogP contribution in [0.4, 0.5) is 14.9 Å². The predicted molar refractivity (Wildman–Crippen MR) is 218 cm³/mol. The van der Waals surface area contributed by atoms with Gasteiger partial charge in [0.25, 0.3) is 0 Å². The summed E-state index contributed by atoms with van der Waals surface area (Å²) in [5.41, 5.74) is -0.512. The zero-order valence-electron chi connectivity index (χ0n) is 36.5. The molecular formula is C46H66FNO15. The molecule has 4 saturated heterocycles. The predicted octanol–water partition coefficient (Wildman–Crippen LogP) is 3.02. The highest BCUT2D eigenvalue weighted by Gasteiger charge is 2.71. The minimum atomic E-state index is -1.87. The van der Waals surface area contributed by atoms with E-state index in [1.807, 2.05) is 0 Å². The third kappa shape index (κ3) is 7.86. The summed E-state index contributed by atoms with van der Waals surface area (Å²) in [6.07, 6.45) is -10.2. The molecule has 0 aromatic heterocycles. The van der Waals surface area contributed by atoms with Crippen LogP contribution >= 0.6 is 0 Å². The van der Waals surface area contributed by atoms with Crippen molar-refractivity contribution < 1.29 is 77.8 Å². The van der Waals surface area contributed by atoms with Crippen molar-refractivity contribution in [3.05, 3.63) is 30.1 Å². The zero-order valence-corrected chi connectivity index (χ0v) is 36.5.